The van der Waals surface area contributed by atoms with Gasteiger partial charge in [0.15, 0.2) is 0 Å². The molecule has 4 nitrogen and oxygen atoms in total. The summed E-state index contributed by atoms with van der Waals surface area (Å²) in [4.78, 5) is 21.0. The quantitative estimate of drug-likeness (QED) is 0.290. The smallest absolute Gasteiger partial charge is 0.438 e. The molecular weight excluding hydrogens is 450 g/mol. The first kappa shape index (κ1) is 22.3. The second kappa shape index (κ2) is 11.6. The summed E-state index contributed by atoms with van der Waals surface area (Å²) in [6.45, 7) is 3.60. The normalized spacial score (nSPS) is 10.5. The average Bonchev–Trinajstić information content (AvgIpc) is 2.43. The molecule has 0 aromatic heterocycles. The zero-order valence-corrected chi connectivity index (χ0v) is 15.0. The number of aliphatic imine (C=N–C) groups is 2. The molecule has 113 valence electrons. The second-order valence-electron chi connectivity index (χ2n) is 3.72. The fourth-order valence-corrected chi connectivity index (χ4v) is 1.37. The fraction of sp³-hybridized carbons (Fsp3) is 0.286. The Hall–Kier alpha value is 0.00390. The maximum atomic E-state index is 11.3. The van der Waals surface area contributed by atoms with Gasteiger partial charge in [-0.05, 0) is 31.1 Å². The van der Waals surface area contributed by atoms with Crippen LogP contribution in [0.5, 0.6) is 0 Å². The minimum Gasteiger partial charge on any atom is -0.438 e. The van der Waals surface area contributed by atoms with Crippen molar-refractivity contribution in [1.82, 2.24) is 4.90 Å². The topological polar surface area (TPSA) is 45.0 Å². The Morgan fingerprint density at radius 3 is 2.50 bits per heavy atom. The number of benzene rings is 1. The molecule has 0 aliphatic heterocycles. The summed E-state index contributed by atoms with van der Waals surface area (Å²) in [7, 11) is 3.36. The zero-order chi connectivity index (χ0) is 13.5. The third kappa shape index (κ3) is 6.64. The fourth-order valence-electron chi connectivity index (χ4n) is 1.37. The van der Waals surface area contributed by atoms with Crippen LogP contribution in [0.3, 0.4) is 0 Å². The molecule has 0 spiro atoms. The Bertz CT molecular complexity index is 489. The summed E-state index contributed by atoms with van der Waals surface area (Å²) in [5.41, 5.74) is 2.58. The van der Waals surface area contributed by atoms with Crippen LogP contribution in [0, 0.1) is 53.3 Å². The van der Waals surface area contributed by atoms with Crippen molar-refractivity contribution in [1.29, 1.82) is 0 Å². The minimum atomic E-state index is -0.142. The molecule has 1 aromatic carbocycles. The molecule has 0 aliphatic rings. The van der Waals surface area contributed by atoms with Gasteiger partial charge in [-0.1, -0.05) is 24.3 Å². The Kier molecular flexibility index (Phi) is 13.0. The van der Waals surface area contributed by atoms with E-state index in [-0.39, 0.29) is 71.4 Å². The van der Waals surface area contributed by atoms with E-state index in [4.69, 9.17) is 0 Å². The van der Waals surface area contributed by atoms with E-state index in [0.29, 0.717) is 0 Å². The van der Waals surface area contributed by atoms with Gasteiger partial charge in [0.2, 0.25) is 0 Å². The Balaban J connectivity index is 0. The molecule has 0 bridgehead atoms. The summed E-state index contributed by atoms with van der Waals surface area (Å²) < 4.78 is 0. The van der Waals surface area contributed by atoms with Gasteiger partial charge in [0.1, 0.15) is 0 Å². The van der Waals surface area contributed by atoms with Gasteiger partial charge in [-0.25, -0.2) is 0 Å². The molecule has 1 rings (SSSR count). The molecule has 1 radical (unpaired) electrons. The Labute approximate surface area is 171 Å². The van der Waals surface area contributed by atoms with E-state index in [9.17, 15) is 4.79 Å². The van der Waals surface area contributed by atoms with Crippen LogP contribution in [0.25, 0.3) is 0 Å². The standard InChI is InChI=1S/C14H17N3O.V.Yb/c1-5-14(18)17(4)10-16-13-9-7-6-8-12(13)11(2)15-3;;/h5-9H,1-4H3;;/q-2;+2;. The van der Waals surface area contributed by atoms with Crippen molar-refractivity contribution >= 4 is 23.6 Å². The molecular formula is C14H17N3OVYb. The van der Waals surface area contributed by atoms with Crippen LogP contribution in [0.1, 0.15) is 19.4 Å². The number of carbonyl (C=O) groups is 1. The summed E-state index contributed by atoms with van der Waals surface area (Å²) >= 11 is 0. The Morgan fingerprint density at radius 1 is 1.35 bits per heavy atom. The molecule has 0 heterocycles. The third-order valence-electron chi connectivity index (χ3n) is 2.53. The predicted octanol–water partition coefficient (Wildman–Crippen LogP) is 2.34. The van der Waals surface area contributed by atoms with E-state index in [1.165, 1.54) is 11.3 Å². The second-order valence-corrected chi connectivity index (χ2v) is 3.72. The summed E-state index contributed by atoms with van der Waals surface area (Å²) in [6, 6.07) is 7.63. The van der Waals surface area contributed by atoms with Crippen molar-refractivity contribution in [2.24, 2.45) is 9.98 Å². The SMILES string of the molecule is C[CH-]C(=O)N(C)[C-]=Nc1ccccc1C(C)=NC.[V+2].[Yb]. The van der Waals surface area contributed by atoms with Crippen LogP contribution in [0.15, 0.2) is 34.3 Å². The summed E-state index contributed by atoms with van der Waals surface area (Å²) in [6.07, 6.45) is 4.16. The van der Waals surface area contributed by atoms with Gasteiger partial charge in [0, 0.05) is 66.0 Å². The van der Waals surface area contributed by atoms with Crippen LogP contribution in [-0.2, 0) is 23.4 Å². The molecule has 20 heavy (non-hydrogen) atoms. The van der Waals surface area contributed by atoms with Crippen molar-refractivity contribution < 1.29 is 70.3 Å². The first-order valence-electron chi connectivity index (χ1n) is 5.66. The van der Waals surface area contributed by atoms with Crippen molar-refractivity contribution in [2.75, 3.05) is 14.1 Å². The summed E-state index contributed by atoms with van der Waals surface area (Å²) in [5, 5.41) is 0. The average molecular weight is 467 g/mol. The molecule has 0 unspecified atom stereocenters. The maximum Gasteiger partial charge on any atom is 2.00 e. The first-order valence-corrected chi connectivity index (χ1v) is 5.66. The first-order chi connectivity index (χ1) is 8.60. The number of hydrogen-bond acceptors (Lipinski definition) is 3. The van der Waals surface area contributed by atoms with E-state index in [0.717, 1.165) is 17.0 Å². The molecule has 0 N–H and O–H groups in total. The molecule has 6 heteroatoms. The van der Waals surface area contributed by atoms with Gasteiger partial charge < -0.3 is 21.1 Å². The number of nitrogens with zero attached hydrogens (tertiary/aromatic N) is 3. The Morgan fingerprint density at radius 2 is 1.95 bits per heavy atom. The predicted molar refractivity (Wildman–Crippen MR) is 74.4 cm³/mol. The molecule has 0 saturated carbocycles. The number of para-hydroxylation sites is 1. The van der Waals surface area contributed by atoms with E-state index in [1.54, 1.807) is 21.0 Å². The number of rotatable bonds is 4. The van der Waals surface area contributed by atoms with E-state index >= 15 is 0 Å². The molecule has 1 amide bonds. The van der Waals surface area contributed by atoms with Crippen molar-refractivity contribution in [2.45, 2.75) is 13.8 Å². The van der Waals surface area contributed by atoms with Crippen molar-refractivity contribution in [3.8, 4) is 0 Å². The minimum absolute atomic E-state index is 0. The van der Waals surface area contributed by atoms with Crippen LogP contribution in [0.4, 0.5) is 5.69 Å². The van der Waals surface area contributed by atoms with Gasteiger partial charge in [-0.2, -0.15) is 6.92 Å². The number of amides is 1. The van der Waals surface area contributed by atoms with Gasteiger partial charge >= 0.3 is 18.6 Å². The van der Waals surface area contributed by atoms with Crippen LogP contribution in [0.2, 0.25) is 0 Å². The van der Waals surface area contributed by atoms with E-state index in [2.05, 4.69) is 16.3 Å². The number of hydrogen-bond donors (Lipinski definition) is 0. The zero-order valence-electron chi connectivity index (χ0n) is 11.9. The third-order valence-corrected chi connectivity index (χ3v) is 2.53. The number of carbonyl (C=O) groups excluding carboxylic acids is 1. The van der Waals surface area contributed by atoms with Crippen LogP contribution < -0.4 is 0 Å². The van der Waals surface area contributed by atoms with Gasteiger partial charge in [-0.3, -0.25) is 4.99 Å². The largest absolute Gasteiger partial charge is 2.00 e. The van der Waals surface area contributed by atoms with E-state index in [1.807, 2.05) is 31.2 Å². The van der Waals surface area contributed by atoms with Crippen LogP contribution >= 0.6 is 0 Å². The maximum absolute atomic E-state index is 11.3. The molecule has 1 aromatic rings. The molecule has 0 aliphatic carbocycles. The molecule has 0 saturated heterocycles. The van der Waals surface area contributed by atoms with Crippen molar-refractivity contribution in [3.05, 3.63) is 36.2 Å². The van der Waals surface area contributed by atoms with Gasteiger partial charge in [-0.15, -0.1) is 0 Å². The van der Waals surface area contributed by atoms with E-state index < -0.39 is 0 Å². The van der Waals surface area contributed by atoms with Gasteiger partial charge in [0.25, 0.3) is 0 Å². The molecule has 0 atom stereocenters. The monoisotopic (exact) mass is 468 g/mol. The van der Waals surface area contributed by atoms with Crippen molar-refractivity contribution in [3.63, 3.8) is 0 Å². The molecule has 0 fully saturated rings. The van der Waals surface area contributed by atoms with Crippen LogP contribution in [-0.4, -0.2) is 37.0 Å². The summed E-state index contributed by atoms with van der Waals surface area (Å²) in [5.74, 6) is -0.142. The van der Waals surface area contributed by atoms with Gasteiger partial charge in [0.05, 0.1) is 0 Å².